The highest BCUT2D eigenvalue weighted by Crippen LogP contribution is 2.26. The average molecular weight is 2030 g/mol. The summed E-state index contributed by atoms with van der Waals surface area (Å²) in [6, 6.07) is -15.4. The zero-order chi connectivity index (χ0) is 105. The number of benzene rings is 2. The molecule has 0 radical (unpaired) electrons. The summed E-state index contributed by atoms with van der Waals surface area (Å²) in [5.41, 5.74) is 62.8. The Morgan fingerprint density at radius 1 is 0.383 bits per heavy atom. The number of nitrogens with zero attached hydrogens (tertiary/aromatic N) is 1. The molecular formula is C83H141N37O19S2. The molecule has 56 nitrogen and oxygen atoms in total. The molecule has 2 fully saturated rings. The third-order valence-corrected chi connectivity index (χ3v) is 24.3. The van der Waals surface area contributed by atoms with Crippen molar-refractivity contribution in [3.05, 3.63) is 59.7 Å². The minimum atomic E-state index is -1.92. The van der Waals surface area contributed by atoms with Gasteiger partial charge in [-0.25, -0.2) is 14.4 Å². The number of unbranched alkanes of at least 4 members (excludes halogenated alkanes) is 1. The minimum Gasteiger partial charge on any atom is -0.508 e. The van der Waals surface area contributed by atoms with Crippen molar-refractivity contribution in [2.75, 3.05) is 77.0 Å². The number of guanidine groups is 5. The van der Waals surface area contributed by atoms with E-state index < -0.39 is 234 Å². The van der Waals surface area contributed by atoms with Gasteiger partial charge in [-0.15, -0.1) is 0 Å². The fourth-order valence-electron chi connectivity index (χ4n) is 14.5. The number of rotatable bonds is 49. The third kappa shape index (κ3) is 48.0. The molecule has 2 heterocycles. The van der Waals surface area contributed by atoms with Crippen molar-refractivity contribution in [3.8, 4) is 11.5 Å². The van der Waals surface area contributed by atoms with Crippen molar-refractivity contribution in [1.82, 2.24) is 111 Å². The predicted octanol–water partition coefficient (Wildman–Crippen LogP) is -10.3. The molecule has 0 bridgehead atoms. The van der Waals surface area contributed by atoms with Crippen LogP contribution >= 0.6 is 21.6 Å². The second kappa shape index (κ2) is 64.5. The number of carbonyl (C=O) groups excluding carboxylic acids is 17. The van der Waals surface area contributed by atoms with E-state index in [-0.39, 0.29) is 223 Å². The molecule has 0 saturated carbocycles. The van der Waals surface area contributed by atoms with E-state index in [0.29, 0.717) is 16.4 Å². The lowest BCUT2D eigenvalue weighted by molar-refractivity contribution is -0.142. The molecule has 2 aliphatic rings. The maximum absolute atomic E-state index is 15.8. The number of carbonyl (C=O) groups is 17. The Labute approximate surface area is 821 Å². The van der Waals surface area contributed by atoms with Crippen LogP contribution in [0.5, 0.6) is 11.5 Å². The molecule has 49 N–H and O–H groups in total. The summed E-state index contributed by atoms with van der Waals surface area (Å²) >= 11 is 0. The number of urea groups is 3. The first-order chi connectivity index (χ1) is 66.9. The predicted molar refractivity (Wildman–Crippen MR) is 523 cm³/mol. The standard InChI is InChI=1S/C83H141N37O19S2/c84-30-2-1-13-50-67(128)115-56(20-10-38-107-83(99)139)75(136)120-39-11-21-61(120)74(135)117-58(41-45-24-28-47(122)29-25-45)71(132)114-53(18-8-36-105-81(97)137)66(127)112-55(19-9-37-106-82(98)138)69(130)118-59(72(133)108-49(62(86)123)14-4-32-101-77(89)90)42-140-141-43-60(73(134)116-57(40-44-22-26-46(121)27-23-44)70(131)113-52(65(126)110-50)16-6-34-103-79(93)94)119-68(129)54(17-7-35-104-80(95)96)111-64(125)51(15-5-33-102-78(91)92)109-63(124)48(85)12-3-31-100-76(87)88/h22-29,48-61,121-122H,1-21,30-43,84-85H2,(H2,86,123)(H,108,133)(H,109,124)(H,110,126)(H,111,125)(H,112,127)(H,113,131)(H,114,132)(H,115,128)(H,116,134)(H,117,135)(H,118,130)(H,119,129)(H4,87,88,100)(H4,89,90,101)(H4,91,92,102)(H4,93,94,103)(H4,95,96,104)(H3,97,105,137)(H3,98,106,138)(H3,99,107,139)/t48-,49-,50-,51-,52-,53-,54-,55-,56+,57-,58-,59-,60-,61-/m0/s1. The Kier molecular flexibility index (Phi) is 54.3. The summed E-state index contributed by atoms with van der Waals surface area (Å²) < 4.78 is 0. The number of phenols is 2. The van der Waals surface area contributed by atoms with Crippen LogP contribution in [0, 0.1) is 27.0 Å². The van der Waals surface area contributed by atoms with Gasteiger partial charge >= 0.3 is 18.1 Å². The highest BCUT2D eigenvalue weighted by atomic mass is 33.1. The lowest BCUT2D eigenvalue weighted by Crippen LogP contribution is -2.61. The Balaban J connectivity index is 2.16. The molecule has 0 aromatic heterocycles. The number of phenolic OH excluding ortho intramolecular Hbond substituents is 2. The van der Waals surface area contributed by atoms with Crippen LogP contribution in [0.4, 0.5) is 14.4 Å². The van der Waals surface area contributed by atoms with Gasteiger partial charge < -0.3 is 185 Å². The molecular weight excluding hydrogens is 1880 g/mol. The number of nitrogens with one attached hydrogen (secondary N) is 25. The number of hydrogen-bond acceptors (Lipinski definition) is 28. The van der Waals surface area contributed by atoms with Crippen LogP contribution in [0.3, 0.4) is 0 Å². The lowest BCUT2D eigenvalue weighted by atomic mass is 10.0. The smallest absolute Gasteiger partial charge is 0.312 e. The number of hydrogen-bond donors (Lipinski definition) is 38. The van der Waals surface area contributed by atoms with Gasteiger partial charge in [-0.05, 0) is 177 Å². The Morgan fingerprint density at radius 3 is 1.13 bits per heavy atom. The first-order valence-corrected chi connectivity index (χ1v) is 48.4. The quantitative estimate of drug-likeness (QED) is 0.0127. The van der Waals surface area contributed by atoms with Gasteiger partial charge in [0.15, 0.2) is 29.8 Å². The van der Waals surface area contributed by atoms with E-state index in [9.17, 15) is 39.0 Å². The Hall–Kier alpha value is -14.6. The average Bonchev–Trinajstić information content (AvgIpc) is 1.71. The summed E-state index contributed by atoms with van der Waals surface area (Å²) in [6.07, 6.45) is -2.86. The number of nitrogens with two attached hydrogens (primary N) is 11. The highest BCUT2D eigenvalue weighted by Gasteiger charge is 2.42. The Bertz CT molecular complexity index is 4550. The summed E-state index contributed by atoms with van der Waals surface area (Å²) in [5, 5.41) is 111. The molecule has 2 saturated heterocycles. The monoisotopic (exact) mass is 2020 g/mol. The SMILES string of the molecule is N=C(N)NCCC[C@H](NC(=O)[C@@H]1CSSC[C@H](NC(=O)[C@H](CCCNC(=N)N)NC(=O)[C@H](CCCNC(=N)N)NC(=O)[C@@H](N)CCCNC(=N)N)C(=O)N[C@@H](Cc2ccc(O)cc2)C(=O)N[C@@H](CCCNC(=N)N)C(=O)N[C@@H](CCCCN)C(=O)N[C@H](CCCNC(N)=O)C(=O)N2CCC[C@H]2C(=O)N[C@@H](Cc2ccc(O)cc2)C(=O)N[C@@H](CCCNC(N)=O)C(=O)N[C@@H](CCCNC(N)=O)C(=O)N1)C(N)=O. The van der Waals surface area contributed by atoms with Crippen LogP contribution < -0.4 is 169 Å². The first kappa shape index (κ1) is 119. The summed E-state index contributed by atoms with van der Waals surface area (Å²) in [5.74, 6) is -18.6. The normalized spacial score (nSPS) is 20.2. The molecule has 0 spiro atoms. The second-order valence-electron chi connectivity index (χ2n) is 33.2. The molecule has 784 valence electrons. The van der Waals surface area contributed by atoms with E-state index in [1.165, 1.54) is 48.5 Å². The topological polar surface area (TPSA) is 980 Å². The van der Waals surface area contributed by atoms with E-state index in [0.717, 1.165) is 15.7 Å². The van der Waals surface area contributed by atoms with Crippen molar-refractivity contribution in [1.29, 1.82) is 27.0 Å². The van der Waals surface area contributed by atoms with E-state index in [4.69, 9.17) is 90.1 Å². The van der Waals surface area contributed by atoms with Crippen molar-refractivity contribution >= 4 is 152 Å². The number of primary amides is 4. The van der Waals surface area contributed by atoms with Crippen LogP contribution in [-0.2, 0) is 80.0 Å². The van der Waals surface area contributed by atoms with Gasteiger partial charge in [0.25, 0.3) is 0 Å². The summed E-state index contributed by atoms with van der Waals surface area (Å²) in [6.45, 7) is -0.761. The molecule has 58 heteroatoms. The van der Waals surface area contributed by atoms with Crippen LogP contribution in [0.2, 0.25) is 0 Å². The van der Waals surface area contributed by atoms with Crippen molar-refractivity contribution in [3.63, 3.8) is 0 Å². The minimum absolute atomic E-state index is 0.00705. The van der Waals surface area contributed by atoms with E-state index in [2.05, 4.69) is 106 Å². The van der Waals surface area contributed by atoms with Gasteiger partial charge in [-0.3, -0.25) is 94.2 Å². The van der Waals surface area contributed by atoms with Gasteiger partial charge in [0, 0.05) is 83.3 Å². The maximum atomic E-state index is 15.8. The molecule has 2 aromatic carbocycles. The van der Waals surface area contributed by atoms with Crippen LogP contribution in [-0.4, -0.2) is 307 Å². The fourth-order valence-corrected chi connectivity index (χ4v) is 16.8. The molecule has 2 aliphatic heterocycles. The number of aromatic hydroxyl groups is 2. The zero-order valence-corrected chi connectivity index (χ0v) is 80.0. The highest BCUT2D eigenvalue weighted by molar-refractivity contribution is 8.76. The molecule has 141 heavy (non-hydrogen) atoms. The maximum Gasteiger partial charge on any atom is 0.312 e. The van der Waals surface area contributed by atoms with Gasteiger partial charge in [0.2, 0.25) is 82.7 Å². The molecule has 0 aliphatic carbocycles. The van der Waals surface area contributed by atoms with Crippen molar-refractivity contribution < 1.29 is 91.7 Å². The molecule has 2 aromatic rings. The number of amides is 20. The van der Waals surface area contributed by atoms with E-state index in [1.807, 2.05) is 0 Å². The Morgan fingerprint density at radius 2 is 0.723 bits per heavy atom. The largest absolute Gasteiger partial charge is 0.508 e. The van der Waals surface area contributed by atoms with Crippen LogP contribution in [0.1, 0.15) is 146 Å². The van der Waals surface area contributed by atoms with Gasteiger partial charge in [0.05, 0.1) is 6.04 Å². The lowest BCUT2D eigenvalue weighted by Gasteiger charge is -2.31. The third-order valence-electron chi connectivity index (χ3n) is 21.9. The van der Waals surface area contributed by atoms with Crippen LogP contribution in [0.15, 0.2) is 48.5 Å². The summed E-state index contributed by atoms with van der Waals surface area (Å²) in [4.78, 5) is 248. The molecule has 0 unspecified atom stereocenters. The molecule has 14 atom stereocenters. The van der Waals surface area contributed by atoms with Gasteiger partial charge in [-0.1, -0.05) is 45.9 Å². The zero-order valence-electron chi connectivity index (χ0n) is 78.4. The first-order valence-electron chi connectivity index (χ1n) is 45.9. The number of fused-ring (bicyclic) bond motifs is 1. The van der Waals surface area contributed by atoms with Gasteiger partial charge in [0.1, 0.15) is 90.0 Å². The molecule has 20 amide bonds. The van der Waals surface area contributed by atoms with E-state index >= 15 is 52.7 Å². The fraction of sp³-hybridized carbons (Fsp3) is 0.590. The van der Waals surface area contributed by atoms with Crippen molar-refractivity contribution in [2.24, 2.45) is 63.1 Å². The van der Waals surface area contributed by atoms with E-state index in [1.54, 1.807) is 0 Å². The second-order valence-corrected chi connectivity index (χ2v) is 35.8. The summed E-state index contributed by atoms with van der Waals surface area (Å²) in [7, 11) is 1.43. The van der Waals surface area contributed by atoms with Gasteiger partial charge in [-0.2, -0.15) is 0 Å². The van der Waals surface area contributed by atoms with Crippen LogP contribution in [0.25, 0.3) is 0 Å². The van der Waals surface area contributed by atoms with Crippen molar-refractivity contribution in [2.45, 2.75) is 232 Å². The molecule has 4 rings (SSSR count).